The predicted octanol–water partition coefficient (Wildman–Crippen LogP) is 2.67. The molecule has 1 aliphatic heterocycles. The quantitative estimate of drug-likeness (QED) is 0.518. The molecule has 0 bridgehead atoms. The van der Waals surface area contributed by atoms with Gasteiger partial charge in [-0.1, -0.05) is 25.4 Å². The van der Waals surface area contributed by atoms with Gasteiger partial charge in [0.05, 0.1) is 19.4 Å². The van der Waals surface area contributed by atoms with Crippen LogP contribution in [0.1, 0.15) is 30.0 Å². The van der Waals surface area contributed by atoms with Gasteiger partial charge in [-0.2, -0.15) is 5.10 Å². The minimum Gasteiger partial charge on any atom is -0.440 e. The SMILES string of the molecule is CC(C)C(NC(=O)c1ccc(Cl)cc1)C(=O)N/N=C\c1ccc(N2CCOCC2)o1. The number of nitrogens with zero attached hydrogens (tertiary/aromatic N) is 2. The number of rotatable bonds is 7. The molecule has 0 aliphatic carbocycles. The van der Waals surface area contributed by atoms with E-state index in [1.165, 1.54) is 6.21 Å². The Morgan fingerprint density at radius 1 is 1.13 bits per heavy atom. The van der Waals surface area contributed by atoms with E-state index in [4.69, 9.17) is 20.8 Å². The van der Waals surface area contributed by atoms with Gasteiger partial charge in [0.25, 0.3) is 11.8 Å². The van der Waals surface area contributed by atoms with Gasteiger partial charge in [0.15, 0.2) is 5.88 Å². The van der Waals surface area contributed by atoms with Gasteiger partial charge in [0.2, 0.25) is 0 Å². The summed E-state index contributed by atoms with van der Waals surface area (Å²) < 4.78 is 11.1. The molecule has 1 atom stereocenters. The number of ether oxygens (including phenoxy) is 1. The average molecular weight is 433 g/mol. The minimum atomic E-state index is -0.745. The molecule has 2 aromatic rings. The number of amides is 2. The van der Waals surface area contributed by atoms with E-state index in [0.29, 0.717) is 29.6 Å². The normalized spacial score (nSPS) is 15.4. The monoisotopic (exact) mass is 432 g/mol. The van der Waals surface area contributed by atoms with Crippen LogP contribution in [0.15, 0.2) is 45.9 Å². The molecule has 0 spiro atoms. The van der Waals surface area contributed by atoms with E-state index in [9.17, 15) is 9.59 Å². The van der Waals surface area contributed by atoms with Gasteiger partial charge in [0.1, 0.15) is 11.8 Å². The van der Waals surface area contributed by atoms with Crippen molar-refractivity contribution in [1.29, 1.82) is 0 Å². The van der Waals surface area contributed by atoms with Gasteiger partial charge in [-0.15, -0.1) is 0 Å². The Labute approximate surface area is 180 Å². The molecule has 3 rings (SSSR count). The van der Waals surface area contributed by atoms with Crippen LogP contribution in [-0.4, -0.2) is 50.4 Å². The second-order valence-corrected chi connectivity index (χ2v) is 7.65. The first-order valence-corrected chi connectivity index (χ1v) is 10.1. The first-order chi connectivity index (χ1) is 14.4. The molecule has 1 fully saturated rings. The van der Waals surface area contributed by atoms with Gasteiger partial charge in [-0.25, -0.2) is 5.43 Å². The number of hydrogen-bond donors (Lipinski definition) is 2. The van der Waals surface area contributed by atoms with Crippen molar-refractivity contribution >= 4 is 35.5 Å². The van der Waals surface area contributed by atoms with E-state index in [1.807, 2.05) is 19.9 Å². The van der Waals surface area contributed by atoms with Gasteiger partial charge in [-0.3, -0.25) is 9.59 Å². The molecule has 2 N–H and O–H groups in total. The van der Waals surface area contributed by atoms with Crippen molar-refractivity contribution in [3.63, 3.8) is 0 Å². The van der Waals surface area contributed by atoms with E-state index < -0.39 is 11.9 Å². The van der Waals surface area contributed by atoms with E-state index in [-0.39, 0.29) is 11.8 Å². The standard InChI is InChI=1S/C21H25ClN4O4/c1-14(2)19(24-20(27)15-3-5-16(22)6-4-15)21(28)25-23-13-17-7-8-18(30-17)26-9-11-29-12-10-26/h3-8,13-14,19H,9-12H2,1-2H3,(H,24,27)(H,25,28)/b23-13-. The number of furan rings is 1. The minimum absolute atomic E-state index is 0.131. The smallest absolute Gasteiger partial charge is 0.262 e. The van der Waals surface area contributed by atoms with Crippen LogP contribution < -0.4 is 15.6 Å². The molecule has 1 aromatic heterocycles. The lowest BCUT2D eigenvalue weighted by atomic mass is 10.0. The number of morpholine rings is 1. The molecule has 160 valence electrons. The number of nitrogens with one attached hydrogen (secondary N) is 2. The van der Waals surface area contributed by atoms with E-state index in [0.717, 1.165) is 19.0 Å². The molecule has 2 amide bonds. The number of hydrogen-bond acceptors (Lipinski definition) is 6. The maximum absolute atomic E-state index is 12.5. The van der Waals surface area contributed by atoms with E-state index in [2.05, 4.69) is 20.7 Å². The molecule has 1 aliphatic rings. The molecule has 8 nitrogen and oxygen atoms in total. The molecule has 9 heteroatoms. The number of benzene rings is 1. The van der Waals surface area contributed by atoms with Crippen LogP contribution in [0.4, 0.5) is 5.88 Å². The first-order valence-electron chi connectivity index (χ1n) is 9.76. The summed E-state index contributed by atoms with van der Waals surface area (Å²) in [5.41, 5.74) is 2.89. The average Bonchev–Trinajstić information content (AvgIpc) is 3.21. The Balaban J connectivity index is 1.56. The predicted molar refractivity (Wildman–Crippen MR) is 115 cm³/mol. The molecule has 2 heterocycles. The van der Waals surface area contributed by atoms with E-state index >= 15 is 0 Å². The zero-order valence-corrected chi connectivity index (χ0v) is 17.7. The van der Waals surface area contributed by atoms with Crippen molar-refractivity contribution in [2.24, 2.45) is 11.0 Å². The lowest BCUT2D eigenvalue weighted by Crippen LogP contribution is -2.48. The Bertz CT molecular complexity index is 889. The molecule has 30 heavy (non-hydrogen) atoms. The van der Waals surface area contributed by atoms with Crippen molar-refractivity contribution in [3.05, 3.63) is 52.7 Å². The fourth-order valence-corrected chi connectivity index (χ4v) is 3.08. The number of carbonyl (C=O) groups is 2. The van der Waals surface area contributed by atoms with Crippen molar-refractivity contribution in [2.75, 3.05) is 31.2 Å². The van der Waals surface area contributed by atoms with Gasteiger partial charge in [0, 0.05) is 29.7 Å². The van der Waals surface area contributed by atoms with Crippen LogP contribution in [-0.2, 0) is 9.53 Å². The maximum atomic E-state index is 12.5. The summed E-state index contributed by atoms with van der Waals surface area (Å²) >= 11 is 5.85. The Hall–Kier alpha value is -2.84. The topological polar surface area (TPSA) is 96.2 Å². The Morgan fingerprint density at radius 2 is 1.83 bits per heavy atom. The molecular weight excluding hydrogens is 408 g/mol. The highest BCUT2D eigenvalue weighted by Crippen LogP contribution is 2.18. The van der Waals surface area contributed by atoms with Crippen molar-refractivity contribution in [1.82, 2.24) is 10.7 Å². The summed E-state index contributed by atoms with van der Waals surface area (Å²) in [6, 6.07) is 9.35. The van der Waals surface area contributed by atoms with Crippen LogP contribution in [0.25, 0.3) is 0 Å². The zero-order valence-electron chi connectivity index (χ0n) is 16.9. The highest BCUT2D eigenvalue weighted by molar-refractivity contribution is 6.30. The number of hydrazone groups is 1. The molecule has 1 aromatic carbocycles. The highest BCUT2D eigenvalue weighted by Gasteiger charge is 2.24. The van der Waals surface area contributed by atoms with Crippen molar-refractivity contribution in [2.45, 2.75) is 19.9 Å². The third-order valence-electron chi connectivity index (χ3n) is 4.64. The van der Waals surface area contributed by atoms with Gasteiger partial charge < -0.3 is 19.4 Å². The van der Waals surface area contributed by atoms with Crippen LogP contribution in [0.5, 0.6) is 0 Å². The Kier molecular flexibility index (Phi) is 7.48. The van der Waals surface area contributed by atoms with Crippen molar-refractivity contribution in [3.8, 4) is 0 Å². The fraction of sp³-hybridized carbons (Fsp3) is 0.381. The largest absolute Gasteiger partial charge is 0.440 e. The number of halogens is 1. The summed E-state index contributed by atoms with van der Waals surface area (Å²) in [5.74, 6) is 0.353. The van der Waals surface area contributed by atoms with Crippen molar-refractivity contribution < 1.29 is 18.7 Å². The van der Waals surface area contributed by atoms with Gasteiger partial charge >= 0.3 is 0 Å². The van der Waals surface area contributed by atoms with Crippen LogP contribution >= 0.6 is 11.6 Å². The maximum Gasteiger partial charge on any atom is 0.262 e. The highest BCUT2D eigenvalue weighted by atomic mass is 35.5. The zero-order chi connectivity index (χ0) is 21.5. The molecule has 0 radical (unpaired) electrons. The summed E-state index contributed by atoms with van der Waals surface area (Å²) in [6.07, 6.45) is 1.43. The van der Waals surface area contributed by atoms with Crippen LogP contribution in [0.3, 0.4) is 0 Å². The molecule has 1 saturated heterocycles. The van der Waals surface area contributed by atoms with Crippen LogP contribution in [0.2, 0.25) is 5.02 Å². The van der Waals surface area contributed by atoms with Gasteiger partial charge in [-0.05, 0) is 36.2 Å². The molecular formula is C21H25ClN4O4. The summed E-state index contributed by atoms with van der Waals surface area (Å²) in [6.45, 7) is 6.56. The Morgan fingerprint density at radius 3 is 2.50 bits per heavy atom. The molecule has 1 unspecified atom stereocenters. The molecule has 0 saturated carbocycles. The summed E-state index contributed by atoms with van der Waals surface area (Å²) in [7, 11) is 0. The fourth-order valence-electron chi connectivity index (χ4n) is 2.96. The summed E-state index contributed by atoms with van der Waals surface area (Å²) in [4.78, 5) is 27.0. The third-order valence-corrected chi connectivity index (χ3v) is 4.90. The number of carbonyl (C=O) groups excluding carboxylic acids is 2. The second-order valence-electron chi connectivity index (χ2n) is 7.21. The lowest BCUT2D eigenvalue weighted by molar-refractivity contribution is -0.123. The first kappa shape index (κ1) is 21.9. The van der Waals surface area contributed by atoms with Crippen LogP contribution in [0, 0.1) is 5.92 Å². The summed E-state index contributed by atoms with van der Waals surface area (Å²) in [5, 5.41) is 7.24. The second kappa shape index (κ2) is 10.3. The number of anilines is 1. The van der Waals surface area contributed by atoms with E-state index in [1.54, 1.807) is 30.3 Å². The lowest BCUT2D eigenvalue weighted by Gasteiger charge is -2.26. The third kappa shape index (κ3) is 5.84.